The first-order chi connectivity index (χ1) is 17.5. The van der Waals surface area contributed by atoms with E-state index in [4.69, 9.17) is 5.73 Å². The lowest BCUT2D eigenvalue weighted by Gasteiger charge is -2.29. The molecule has 1 atom stereocenters. The van der Waals surface area contributed by atoms with Crippen LogP contribution in [0, 0.1) is 12.8 Å². The molecule has 1 aliphatic carbocycles. The van der Waals surface area contributed by atoms with Crippen LogP contribution in [0.4, 0.5) is 13.2 Å². The van der Waals surface area contributed by atoms with Gasteiger partial charge in [-0.2, -0.15) is 13.2 Å². The third-order valence-electron chi connectivity index (χ3n) is 7.17. The smallest absolute Gasteiger partial charge is 0.416 e. The highest BCUT2D eigenvalue weighted by Gasteiger charge is 2.30. The van der Waals surface area contributed by atoms with Crippen LogP contribution in [0.25, 0.3) is 22.0 Å². The molecule has 1 fully saturated rings. The number of carboxylic acids is 1. The largest absolute Gasteiger partial charge is 0.478 e. The minimum absolute atomic E-state index is 0.130. The van der Waals surface area contributed by atoms with E-state index in [9.17, 15) is 27.9 Å². The maximum atomic E-state index is 13.0. The van der Waals surface area contributed by atoms with Crippen LogP contribution in [-0.2, 0) is 11.0 Å². The average molecular weight is 534 g/mol. The second-order valence-corrected chi connectivity index (χ2v) is 10.6. The summed E-state index contributed by atoms with van der Waals surface area (Å²) >= 11 is 1.28. The lowest BCUT2D eigenvalue weighted by molar-refractivity contribution is -0.137. The van der Waals surface area contributed by atoms with E-state index in [1.54, 1.807) is 18.4 Å². The van der Waals surface area contributed by atoms with Crippen molar-refractivity contribution >= 4 is 23.2 Å². The number of nitrogens with two attached hydrogens (primary N) is 1. The molecule has 2 aromatic heterocycles. The Balaban J connectivity index is 1.72. The van der Waals surface area contributed by atoms with Crippen LogP contribution in [0.5, 0.6) is 0 Å². The highest BCUT2D eigenvalue weighted by Crippen LogP contribution is 2.39. The van der Waals surface area contributed by atoms with Crippen molar-refractivity contribution in [1.82, 2.24) is 9.55 Å². The SMILES string of the molecule is Cc1c(C(=O)O)cc(-c2csc(-c3ccc(C(F)(F)F)cc3)n2)n1C(CCC(N)=O)CC1CCCCC1. The molecule has 1 aliphatic rings. The molecule has 0 aliphatic heterocycles. The number of aromatic nitrogens is 2. The number of halogens is 3. The summed E-state index contributed by atoms with van der Waals surface area (Å²) in [6.07, 6.45) is 2.80. The molecule has 0 radical (unpaired) electrons. The second kappa shape index (κ2) is 11.1. The Bertz CT molecular complexity index is 1260. The van der Waals surface area contributed by atoms with Gasteiger partial charge in [0.05, 0.1) is 22.5 Å². The molecular weight excluding hydrogens is 503 g/mol. The molecule has 1 amide bonds. The van der Waals surface area contributed by atoms with Crippen molar-refractivity contribution in [2.24, 2.45) is 11.7 Å². The van der Waals surface area contributed by atoms with Gasteiger partial charge in [-0.3, -0.25) is 4.79 Å². The van der Waals surface area contributed by atoms with Crippen LogP contribution in [0.15, 0.2) is 35.7 Å². The summed E-state index contributed by atoms with van der Waals surface area (Å²) in [7, 11) is 0. The highest BCUT2D eigenvalue weighted by molar-refractivity contribution is 7.13. The van der Waals surface area contributed by atoms with Crippen molar-refractivity contribution in [1.29, 1.82) is 0 Å². The molecule has 4 rings (SSSR count). The third-order valence-corrected chi connectivity index (χ3v) is 8.06. The number of nitrogens with zero attached hydrogens (tertiary/aromatic N) is 2. The molecule has 6 nitrogen and oxygen atoms in total. The summed E-state index contributed by atoms with van der Waals surface area (Å²) < 4.78 is 40.9. The number of primary amides is 1. The summed E-state index contributed by atoms with van der Waals surface area (Å²) in [5.41, 5.74) is 7.19. The summed E-state index contributed by atoms with van der Waals surface area (Å²) in [6.45, 7) is 1.76. The van der Waals surface area contributed by atoms with Gasteiger partial charge in [0.1, 0.15) is 5.01 Å². The molecule has 0 saturated heterocycles. The van der Waals surface area contributed by atoms with Gasteiger partial charge in [-0.1, -0.05) is 44.2 Å². The van der Waals surface area contributed by atoms with E-state index in [0.717, 1.165) is 44.2 Å². The summed E-state index contributed by atoms with van der Waals surface area (Å²) in [5.74, 6) is -0.980. The van der Waals surface area contributed by atoms with Crippen molar-refractivity contribution in [3.05, 3.63) is 52.5 Å². The maximum Gasteiger partial charge on any atom is 0.416 e. The van der Waals surface area contributed by atoms with E-state index < -0.39 is 23.6 Å². The zero-order valence-corrected chi connectivity index (χ0v) is 21.4. The molecule has 1 unspecified atom stereocenters. The van der Waals surface area contributed by atoms with Crippen molar-refractivity contribution in [3.8, 4) is 22.0 Å². The second-order valence-electron chi connectivity index (χ2n) is 9.72. The van der Waals surface area contributed by atoms with Crippen LogP contribution in [-0.4, -0.2) is 26.5 Å². The summed E-state index contributed by atoms with van der Waals surface area (Å²) in [4.78, 5) is 28.4. The molecule has 0 spiro atoms. The number of carbonyl (C=O) groups excluding carboxylic acids is 1. The number of benzene rings is 1. The minimum atomic E-state index is -4.42. The zero-order valence-electron chi connectivity index (χ0n) is 20.6. The summed E-state index contributed by atoms with van der Waals surface area (Å²) in [6, 6.07) is 6.29. The first-order valence-electron chi connectivity index (χ1n) is 12.4. The minimum Gasteiger partial charge on any atom is -0.478 e. The first kappa shape index (κ1) is 26.9. The van der Waals surface area contributed by atoms with E-state index >= 15 is 0 Å². The molecule has 1 saturated carbocycles. The molecular formula is C27H30F3N3O3S. The van der Waals surface area contributed by atoms with Gasteiger partial charge in [0.2, 0.25) is 5.91 Å². The van der Waals surface area contributed by atoms with Crippen molar-refractivity contribution in [2.45, 2.75) is 70.5 Å². The number of hydrogen-bond donors (Lipinski definition) is 2. The van der Waals surface area contributed by atoms with Gasteiger partial charge < -0.3 is 15.4 Å². The fraction of sp³-hybridized carbons (Fsp3) is 0.444. The van der Waals surface area contributed by atoms with Gasteiger partial charge in [-0.25, -0.2) is 9.78 Å². The normalized spacial score (nSPS) is 15.6. The van der Waals surface area contributed by atoms with E-state index in [1.165, 1.54) is 29.9 Å². The predicted molar refractivity (Wildman–Crippen MR) is 136 cm³/mol. The molecule has 198 valence electrons. The number of alkyl halides is 3. The Kier molecular flexibility index (Phi) is 8.06. The number of aromatic carboxylic acids is 1. The van der Waals surface area contributed by atoms with Gasteiger partial charge in [-0.15, -0.1) is 11.3 Å². The van der Waals surface area contributed by atoms with E-state index in [0.29, 0.717) is 40.0 Å². The molecule has 3 aromatic rings. The molecule has 0 bridgehead atoms. The number of amides is 1. The molecule has 1 aromatic carbocycles. The maximum absolute atomic E-state index is 13.0. The van der Waals surface area contributed by atoms with E-state index in [2.05, 4.69) is 4.98 Å². The van der Waals surface area contributed by atoms with Crippen LogP contribution in [0.3, 0.4) is 0 Å². The third kappa shape index (κ3) is 6.23. The number of thiazole rings is 1. The number of carboxylic acid groups (broad SMARTS) is 1. The number of carbonyl (C=O) groups is 2. The van der Waals surface area contributed by atoms with Crippen LogP contribution >= 0.6 is 11.3 Å². The van der Waals surface area contributed by atoms with Crippen LogP contribution < -0.4 is 5.73 Å². The Morgan fingerprint density at radius 2 is 1.86 bits per heavy atom. The molecule has 10 heteroatoms. The monoisotopic (exact) mass is 533 g/mol. The zero-order chi connectivity index (χ0) is 26.7. The predicted octanol–water partition coefficient (Wildman–Crippen LogP) is 7.08. The lowest BCUT2D eigenvalue weighted by Crippen LogP contribution is -2.21. The first-order valence-corrected chi connectivity index (χ1v) is 13.3. The van der Waals surface area contributed by atoms with Crippen molar-refractivity contribution in [3.63, 3.8) is 0 Å². The Labute approximate surface area is 217 Å². The van der Waals surface area contributed by atoms with Gasteiger partial charge in [0.15, 0.2) is 0 Å². The Morgan fingerprint density at radius 1 is 1.19 bits per heavy atom. The molecule has 37 heavy (non-hydrogen) atoms. The van der Waals surface area contributed by atoms with Crippen LogP contribution in [0.2, 0.25) is 0 Å². The molecule has 3 N–H and O–H groups in total. The van der Waals surface area contributed by atoms with Crippen LogP contribution in [0.1, 0.15) is 79.0 Å². The molecule has 2 heterocycles. The fourth-order valence-corrected chi connectivity index (χ4v) is 6.12. The van der Waals surface area contributed by atoms with E-state index in [-0.39, 0.29) is 18.0 Å². The lowest BCUT2D eigenvalue weighted by atomic mass is 9.83. The van der Waals surface area contributed by atoms with E-state index in [1.807, 2.05) is 4.57 Å². The van der Waals surface area contributed by atoms with Gasteiger partial charge in [-0.05, 0) is 43.9 Å². The average Bonchev–Trinajstić information content (AvgIpc) is 3.47. The Hall–Kier alpha value is -3.14. The standard InChI is InChI=1S/C27H30F3N3O3S/c1-16-21(26(35)36)14-23(33(16)20(11-12-24(31)34)13-17-5-3-2-4-6-17)22-15-37-25(32-22)18-7-9-19(10-8-18)27(28,29)30/h7-10,14-15,17,20H,2-6,11-13H2,1H3,(H2,31,34)(H,35,36). The number of hydrogen-bond acceptors (Lipinski definition) is 4. The topological polar surface area (TPSA) is 98.2 Å². The van der Waals surface area contributed by atoms with Gasteiger partial charge >= 0.3 is 12.1 Å². The fourth-order valence-electron chi connectivity index (χ4n) is 5.30. The highest BCUT2D eigenvalue weighted by atomic mass is 32.1. The van der Waals surface area contributed by atoms with Gasteiger partial charge in [0, 0.05) is 29.1 Å². The summed E-state index contributed by atoms with van der Waals surface area (Å²) in [5, 5.41) is 12.2. The van der Waals surface area contributed by atoms with Gasteiger partial charge in [0.25, 0.3) is 0 Å². The quantitative estimate of drug-likeness (QED) is 0.307. The Morgan fingerprint density at radius 3 is 2.46 bits per heavy atom. The van der Waals surface area contributed by atoms with Crippen molar-refractivity contribution < 1.29 is 27.9 Å². The number of rotatable bonds is 9. The van der Waals surface area contributed by atoms with Crippen molar-refractivity contribution in [2.75, 3.05) is 0 Å².